The second kappa shape index (κ2) is 5.80. The molecular weight excluding hydrogens is 216 g/mol. The van der Waals surface area contributed by atoms with Crippen molar-refractivity contribution in [1.82, 2.24) is 5.32 Å². The van der Waals surface area contributed by atoms with Crippen LogP contribution in [0.4, 0.5) is 5.69 Å². The van der Waals surface area contributed by atoms with Crippen LogP contribution in [0.1, 0.15) is 24.8 Å². The monoisotopic (exact) mass is 234 g/mol. The van der Waals surface area contributed by atoms with Gasteiger partial charge in [-0.05, 0) is 37.1 Å². The minimum absolute atomic E-state index is 0.00854. The van der Waals surface area contributed by atoms with E-state index in [0.29, 0.717) is 0 Å². The van der Waals surface area contributed by atoms with Crippen LogP contribution in [0.2, 0.25) is 0 Å². The Bertz CT molecular complexity index is 387. The van der Waals surface area contributed by atoms with E-state index in [4.69, 9.17) is 5.11 Å². The summed E-state index contributed by atoms with van der Waals surface area (Å²) >= 11 is 0. The Morgan fingerprint density at radius 3 is 3.06 bits per heavy atom. The molecule has 0 unspecified atom stereocenters. The normalized spacial score (nSPS) is 19.9. The lowest BCUT2D eigenvalue weighted by atomic mass is 10.0. The predicted octanol–water partition coefficient (Wildman–Crippen LogP) is 1.26. The third-order valence-electron chi connectivity index (χ3n) is 3.00. The summed E-state index contributed by atoms with van der Waals surface area (Å²) in [6, 6.07) is 7.20. The quantitative estimate of drug-likeness (QED) is 0.738. The van der Waals surface area contributed by atoms with E-state index in [1.807, 2.05) is 18.2 Å². The van der Waals surface area contributed by atoms with Crippen molar-refractivity contribution >= 4 is 11.6 Å². The molecule has 0 saturated carbocycles. The predicted molar refractivity (Wildman–Crippen MR) is 66.6 cm³/mol. The van der Waals surface area contributed by atoms with E-state index in [2.05, 4.69) is 10.6 Å². The lowest BCUT2D eigenvalue weighted by Crippen LogP contribution is -2.43. The molecule has 1 aromatic rings. The lowest BCUT2D eigenvalue weighted by Gasteiger charge is -2.22. The molecule has 1 aliphatic rings. The summed E-state index contributed by atoms with van der Waals surface area (Å²) in [4.78, 5) is 11.9. The highest BCUT2D eigenvalue weighted by Gasteiger charge is 2.20. The van der Waals surface area contributed by atoms with E-state index in [1.54, 1.807) is 6.07 Å². The second-order valence-corrected chi connectivity index (χ2v) is 4.35. The summed E-state index contributed by atoms with van der Waals surface area (Å²) in [5, 5.41) is 15.1. The number of aliphatic hydroxyl groups excluding tert-OH is 1. The van der Waals surface area contributed by atoms with E-state index >= 15 is 0 Å². The van der Waals surface area contributed by atoms with E-state index in [9.17, 15) is 4.79 Å². The van der Waals surface area contributed by atoms with Gasteiger partial charge in [0.1, 0.15) is 0 Å². The van der Waals surface area contributed by atoms with Gasteiger partial charge in [0.25, 0.3) is 0 Å². The number of carbonyl (C=O) groups excluding carboxylic acids is 1. The van der Waals surface area contributed by atoms with Crippen LogP contribution >= 0.6 is 0 Å². The van der Waals surface area contributed by atoms with E-state index < -0.39 is 0 Å². The Morgan fingerprint density at radius 1 is 1.47 bits per heavy atom. The van der Waals surface area contributed by atoms with Gasteiger partial charge in [0.05, 0.1) is 12.6 Å². The molecule has 92 valence electrons. The summed E-state index contributed by atoms with van der Waals surface area (Å²) in [6.45, 7) is 0.903. The molecule has 1 heterocycles. The minimum atomic E-state index is -0.0819. The zero-order valence-corrected chi connectivity index (χ0v) is 9.78. The SMILES string of the molecule is O=C(Nc1cccc(CO)c1)[C@H]1CCCCN1. The van der Waals surface area contributed by atoms with Crippen molar-refractivity contribution in [3.63, 3.8) is 0 Å². The molecule has 1 atom stereocenters. The van der Waals surface area contributed by atoms with Crippen molar-refractivity contribution in [2.75, 3.05) is 11.9 Å². The molecule has 1 fully saturated rings. The zero-order chi connectivity index (χ0) is 12.1. The highest BCUT2D eigenvalue weighted by molar-refractivity contribution is 5.94. The van der Waals surface area contributed by atoms with Gasteiger partial charge in [0.15, 0.2) is 0 Å². The first kappa shape index (κ1) is 12.1. The average molecular weight is 234 g/mol. The van der Waals surface area contributed by atoms with Crippen molar-refractivity contribution < 1.29 is 9.90 Å². The maximum absolute atomic E-state index is 11.9. The number of nitrogens with one attached hydrogen (secondary N) is 2. The third kappa shape index (κ3) is 3.28. The van der Waals surface area contributed by atoms with Crippen molar-refractivity contribution in [1.29, 1.82) is 0 Å². The standard InChI is InChI=1S/C13H18N2O2/c16-9-10-4-3-5-11(8-10)15-13(17)12-6-1-2-7-14-12/h3-5,8,12,14,16H,1-2,6-7,9H2,(H,15,17)/t12-/m1/s1. The Labute approximate surface area is 101 Å². The number of rotatable bonds is 3. The second-order valence-electron chi connectivity index (χ2n) is 4.35. The van der Waals surface area contributed by atoms with Gasteiger partial charge in [-0.3, -0.25) is 4.79 Å². The van der Waals surface area contributed by atoms with Gasteiger partial charge in [0.2, 0.25) is 5.91 Å². The number of amides is 1. The maximum Gasteiger partial charge on any atom is 0.241 e. The topological polar surface area (TPSA) is 61.4 Å². The summed E-state index contributed by atoms with van der Waals surface area (Å²) in [7, 11) is 0. The van der Waals surface area contributed by atoms with Crippen molar-refractivity contribution in [2.24, 2.45) is 0 Å². The lowest BCUT2D eigenvalue weighted by molar-refractivity contribution is -0.118. The van der Waals surface area contributed by atoms with Gasteiger partial charge in [0, 0.05) is 5.69 Å². The van der Waals surface area contributed by atoms with E-state index in [1.165, 1.54) is 0 Å². The number of anilines is 1. The maximum atomic E-state index is 11.9. The highest BCUT2D eigenvalue weighted by Crippen LogP contribution is 2.13. The van der Waals surface area contributed by atoms with Gasteiger partial charge in [-0.15, -0.1) is 0 Å². The molecule has 4 nitrogen and oxygen atoms in total. The molecule has 0 radical (unpaired) electrons. The fourth-order valence-electron chi connectivity index (χ4n) is 2.05. The molecule has 1 aliphatic heterocycles. The van der Waals surface area contributed by atoms with Gasteiger partial charge >= 0.3 is 0 Å². The smallest absolute Gasteiger partial charge is 0.241 e. The number of carbonyl (C=O) groups is 1. The molecule has 2 rings (SSSR count). The minimum Gasteiger partial charge on any atom is -0.392 e. The van der Waals surface area contributed by atoms with Crippen molar-refractivity contribution in [3.05, 3.63) is 29.8 Å². The first-order chi connectivity index (χ1) is 8.29. The Kier molecular flexibility index (Phi) is 4.12. The third-order valence-corrected chi connectivity index (χ3v) is 3.00. The van der Waals surface area contributed by atoms with Gasteiger partial charge < -0.3 is 15.7 Å². The van der Waals surface area contributed by atoms with Crippen LogP contribution in [-0.4, -0.2) is 23.6 Å². The van der Waals surface area contributed by atoms with Crippen LogP contribution in [0.25, 0.3) is 0 Å². The molecule has 3 N–H and O–H groups in total. The number of hydrogen-bond acceptors (Lipinski definition) is 3. The first-order valence-corrected chi connectivity index (χ1v) is 6.03. The van der Waals surface area contributed by atoms with Crippen LogP contribution in [0, 0.1) is 0 Å². The molecule has 17 heavy (non-hydrogen) atoms. The fourth-order valence-corrected chi connectivity index (χ4v) is 2.05. The number of hydrogen-bond donors (Lipinski definition) is 3. The van der Waals surface area contributed by atoms with Crippen LogP contribution in [0.3, 0.4) is 0 Å². The van der Waals surface area contributed by atoms with Gasteiger partial charge in [-0.1, -0.05) is 18.6 Å². The molecule has 1 saturated heterocycles. The fraction of sp³-hybridized carbons (Fsp3) is 0.462. The molecule has 4 heteroatoms. The number of benzene rings is 1. The van der Waals surface area contributed by atoms with Crippen LogP contribution in [0.5, 0.6) is 0 Å². The molecule has 0 bridgehead atoms. The van der Waals surface area contributed by atoms with Gasteiger partial charge in [-0.2, -0.15) is 0 Å². The number of aliphatic hydroxyl groups is 1. The molecular formula is C13H18N2O2. The Morgan fingerprint density at radius 2 is 2.35 bits per heavy atom. The van der Waals surface area contributed by atoms with Crippen LogP contribution in [0.15, 0.2) is 24.3 Å². The van der Waals surface area contributed by atoms with E-state index in [-0.39, 0.29) is 18.6 Å². The van der Waals surface area contributed by atoms with E-state index in [0.717, 1.165) is 37.1 Å². The molecule has 0 aromatic heterocycles. The molecule has 0 aliphatic carbocycles. The first-order valence-electron chi connectivity index (χ1n) is 6.03. The molecule has 0 spiro atoms. The summed E-state index contributed by atoms with van der Waals surface area (Å²) in [6.07, 6.45) is 3.14. The Balaban J connectivity index is 1.96. The summed E-state index contributed by atoms with van der Waals surface area (Å²) < 4.78 is 0. The van der Waals surface area contributed by atoms with Crippen molar-refractivity contribution in [2.45, 2.75) is 31.9 Å². The van der Waals surface area contributed by atoms with Crippen molar-refractivity contribution in [3.8, 4) is 0 Å². The Hall–Kier alpha value is -1.39. The summed E-state index contributed by atoms with van der Waals surface area (Å²) in [5.41, 5.74) is 1.55. The van der Waals surface area contributed by atoms with Crippen LogP contribution in [-0.2, 0) is 11.4 Å². The molecule has 1 amide bonds. The molecule has 1 aromatic carbocycles. The van der Waals surface area contributed by atoms with Gasteiger partial charge in [-0.25, -0.2) is 0 Å². The summed E-state index contributed by atoms with van der Waals surface area (Å²) in [5.74, 6) is 0.0137. The largest absolute Gasteiger partial charge is 0.392 e. The number of piperidine rings is 1. The zero-order valence-electron chi connectivity index (χ0n) is 9.78. The average Bonchev–Trinajstić information content (AvgIpc) is 2.40. The highest BCUT2D eigenvalue weighted by atomic mass is 16.3. The van der Waals surface area contributed by atoms with Crippen LogP contribution < -0.4 is 10.6 Å².